The second-order valence-corrected chi connectivity index (χ2v) is 2.13. The van der Waals surface area contributed by atoms with Crippen molar-refractivity contribution in [2.75, 3.05) is 12.3 Å². The Morgan fingerprint density at radius 3 is 3.08 bits per heavy atom. The van der Waals surface area contributed by atoms with E-state index in [1.807, 2.05) is 0 Å². The minimum Gasteiger partial charge on any atom is -0.479 e. The Morgan fingerprint density at radius 2 is 2.46 bits per heavy atom. The van der Waals surface area contributed by atoms with Crippen molar-refractivity contribution in [1.82, 2.24) is 9.97 Å². The molecule has 7 nitrogen and oxygen atoms in total. The Morgan fingerprint density at radius 1 is 1.77 bits per heavy atom. The first kappa shape index (κ1) is 9.04. The molecule has 0 unspecified atom stereocenters. The minimum atomic E-state index is -1.17. The molecule has 0 radical (unpaired) electrons. The van der Waals surface area contributed by atoms with E-state index in [0.717, 1.165) is 6.33 Å². The van der Waals surface area contributed by atoms with E-state index in [-0.39, 0.29) is 11.6 Å². The Balaban J connectivity index is 2.83. The summed E-state index contributed by atoms with van der Waals surface area (Å²) < 4.78 is 4.62. The highest BCUT2D eigenvalue weighted by atomic mass is 16.5. The normalized spacial score (nSPS) is 9.54. The molecule has 0 saturated carbocycles. The number of aromatic amines is 1. The van der Waals surface area contributed by atoms with Gasteiger partial charge in [-0.2, -0.15) is 0 Å². The van der Waals surface area contributed by atoms with E-state index in [1.165, 1.54) is 0 Å². The minimum absolute atomic E-state index is 0.175. The first-order valence-electron chi connectivity index (χ1n) is 3.29. The van der Waals surface area contributed by atoms with Crippen LogP contribution in [-0.4, -0.2) is 27.7 Å². The Bertz CT molecular complexity index is 372. The van der Waals surface area contributed by atoms with Crippen LogP contribution in [0.3, 0.4) is 0 Å². The molecule has 1 rings (SSSR count). The maximum absolute atomic E-state index is 10.8. The quantitative estimate of drug-likeness (QED) is 0.545. The average molecular weight is 185 g/mol. The van der Waals surface area contributed by atoms with E-state index in [2.05, 4.69) is 14.7 Å². The van der Waals surface area contributed by atoms with Crippen LogP contribution in [0.1, 0.15) is 0 Å². The zero-order chi connectivity index (χ0) is 9.84. The lowest BCUT2D eigenvalue weighted by Crippen LogP contribution is -2.17. The number of anilines is 1. The van der Waals surface area contributed by atoms with Crippen LogP contribution in [0.15, 0.2) is 11.1 Å². The highest BCUT2D eigenvalue weighted by Gasteiger charge is 2.06. The second-order valence-electron chi connectivity index (χ2n) is 2.13. The topological polar surface area (TPSA) is 118 Å². The van der Waals surface area contributed by atoms with Crippen molar-refractivity contribution >= 4 is 11.7 Å². The molecule has 0 fully saturated rings. The lowest BCUT2D eigenvalue weighted by atomic mass is 10.5. The van der Waals surface area contributed by atoms with Crippen LogP contribution in [0.4, 0.5) is 5.69 Å². The molecule has 0 amide bonds. The maximum atomic E-state index is 10.8. The van der Waals surface area contributed by atoms with Crippen LogP contribution in [0.25, 0.3) is 0 Å². The molecule has 0 aromatic carbocycles. The number of rotatable bonds is 3. The third-order valence-corrected chi connectivity index (χ3v) is 1.18. The molecule has 70 valence electrons. The smallest absolute Gasteiger partial charge is 0.341 e. The number of ether oxygens (including phenoxy) is 1. The number of nitrogen functional groups attached to an aromatic ring is 1. The van der Waals surface area contributed by atoms with Crippen molar-refractivity contribution in [3.05, 3.63) is 16.7 Å². The number of hydrogen-bond acceptors (Lipinski definition) is 5. The van der Waals surface area contributed by atoms with Gasteiger partial charge in [-0.15, -0.1) is 0 Å². The summed E-state index contributed by atoms with van der Waals surface area (Å²) in [5.74, 6) is -1.34. The molecule has 0 saturated heterocycles. The van der Waals surface area contributed by atoms with Gasteiger partial charge >= 0.3 is 5.97 Å². The van der Waals surface area contributed by atoms with Crippen molar-refractivity contribution in [2.24, 2.45) is 0 Å². The van der Waals surface area contributed by atoms with E-state index in [9.17, 15) is 9.59 Å². The van der Waals surface area contributed by atoms with Crippen LogP contribution in [-0.2, 0) is 4.79 Å². The van der Waals surface area contributed by atoms with Gasteiger partial charge in [-0.3, -0.25) is 4.79 Å². The summed E-state index contributed by atoms with van der Waals surface area (Å²) in [6.45, 7) is -0.583. The molecule has 1 aromatic rings. The summed E-state index contributed by atoms with van der Waals surface area (Å²) in [5.41, 5.74) is 4.45. The highest BCUT2D eigenvalue weighted by molar-refractivity contribution is 5.68. The maximum Gasteiger partial charge on any atom is 0.341 e. The number of aliphatic carboxylic acids is 1. The zero-order valence-corrected chi connectivity index (χ0v) is 6.48. The fourth-order valence-corrected chi connectivity index (χ4v) is 0.639. The number of nitrogens with two attached hydrogens (primary N) is 1. The molecule has 0 aliphatic rings. The molecule has 13 heavy (non-hydrogen) atoms. The highest BCUT2D eigenvalue weighted by Crippen LogP contribution is 2.09. The van der Waals surface area contributed by atoms with Crippen LogP contribution >= 0.6 is 0 Å². The van der Waals surface area contributed by atoms with Crippen LogP contribution < -0.4 is 16.0 Å². The first-order valence-corrected chi connectivity index (χ1v) is 3.29. The summed E-state index contributed by atoms with van der Waals surface area (Å²) in [6, 6.07) is 0. The number of carboxylic acids is 1. The van der Waals surface area contributed by atoms with Crippen LogP contribution in [0, 0.1) is 0 Å². The molecule has 0 atom stereocenters. The van der Waals surface area contributed by atoms with E-state index < -0.39 is 18.1 Å². The molecule has 0 bridgehead atoms. The van der Waals surface area contributed by atoms with Gasteiger partial charge in [0, 0.05) is 0 Å². The Hall–Kier alpha value is -2.05. The third-order valence-electron chi connectivity index (χ3n) is 1.18. The van der Waals surface area contributed by atoms with E-state index in [0.29, 0.717) is 0 Å². The molecule has 1 heterocycles. The number of nitrogens with one attached hydrogen (secondary N) is 1. The lowest BCUT2D eigenvalue weighted by Gasteiger charge is -2.02. The van der Waals surface area contributed by atoms with Gasteiger partial charge in [0.2, 0.25) is 5.88 Å². The van der Waals surface area contributed by atoms with Gasteiger partial charge in [-0.1, -0.05) is 0 Å². The molecule has 0 spiro atoms. The monoisotopic (exact) mass is 185 g/mol. The Kier molecular flexibility index (Phi) is 2.48. The SMILES string of the molecule is Nc1c(OCC(=O)O)nc[nH]c1=O. The van der Waals surface area contributed by atoms with Gasteiger partial charge in [0.05, 0.1) is 6.33 Å². The number of hydrogen-bond donors (Lipinski definition) is 3. The molecule has 7 heteroatoms. The van der Waals surface area contributed by atoms with Crippen molar-refractivity contribution in [3.8, 4) is 5.88 Å². The van der Waals surface area contributed by atoms with Gasteiger partial charge in [-0.25, -0.2) is 9.78 Å². The largest absolute Gasteiger partial charge is 0.479 e. The summed E-state index contributed by atoms with van der Waals surface area (Å²) in [7, 11) is 0. The molecule has 0 aliphatic heterocycles. The van der Waals surface area contributed by atoms with Crippen molar-refractivity contribution in [2.45, 2.75) is 0 Å². The number of H-pyrrole nitrogens is 1. The molecule has 4 N–H and O–H groups in total. The van der Waals surface area contributed by atoms with E-state index in [1.54, 1.807) is 0 Å². The van der Waals surface area contributed by atoms with Gasteiger partial charge in [0.1, 0.15) is 0 Å². The number of carbonyl (C=O) groups is 1. The predicted octanol–water partition coefficient (Wildman–Crippen LogP) is -1.18. The zero-order valence-electron chi connectivity index (χ0n) is 6.48. The van der Waals surface area contributed by atoms with Crippen molar-refractivity contribution < 1.29 is 14.6 Å². The summed E-state index contributed by atoms with van der Waals surface area (Å²) in [4.78, 5) is 26.7. The predicted molar refractivity (Wildman–Crippen MR) is 42.4 cm³/mol. The average Bonchev–Trinajstić information content (AvgIpc) is 2.07. The van der Waals surface area contributed by atoms with Crippen LogP contribution in [0.2, 0.25) is 0 Å². The number of carboxylic acid groups (broad SMARTS) is 1. The van der Waals surface area contributed by atoms with Crippen LogP contribution in [0.5, 0.6) is 5.88 Å². The molecular formula is C6H7N3O4. The first-order chi connectivity index (χ1) is 6.11. The van der Waals surface area contributed by atoms with Gasteiger partial charge < -0.3 is 20.6 Å². The third kappa shape index (κ3) is 2.19. The lowest BCUT2D eigenvalue weighted by molar-refractivity contribution is -0.139. The fraction of sp³-hybridized carbons (Fsp3) is 0.167. The van der Waals surface area contributed by atoms with Crippen molar-refractivity contribution in [1.29, 1.82) is 0 Å². The standard InChI is InChI=1S/C6H7N3O4/c7-4-5(12)8-2-9-6(4)13-1-3(10)11/h2H,1,7H2,(H,10,11)(H,8,9,12). The summed E-state index contributed by atoms with van der Waals surface area (Å²) in [6.07, 6.45) is 1.08. The Labute approximate surface area is 72.2 Å². The van der Waals surface area contributed by atoms with Gasteiger partial charge in [0.15, 0.2) is 12.3 Å². The van der Waals surface area contributed by atoms with E-state index >= 15 is 0 Å². The molecular weight excluding hydrogens is 178 g/mol. The number of aromatic nitrogens is 2. The summed E-state index contributed by atoms with van der Waals surface area (Å²) >= 11 is 0. The van der Waals surface area contributed by atoms with Crippen molar-refractivity contribution in [3.63, 3.8) is 0 Å². The van der Waals surface area contributed by atoms with Gasteiger partial charge in [-0.05, 0) is 0 Å². The van der Waals surface area contributed by atoms with Gasteiger partial charge in [0.25, 0.3) is 5.56 Å². The van der Waals surface area contributed by atoms with E-state index in [4.69, 9.17) is 10.8 Å². The summed E-state index contributed by atoms with van der Waals surface area (Å²) in [5, 5.41) is 8.26. The fourth-order valence-electron chi connectivity index (χ4n) is 0.639. The second kappa shape index (κ2) is 3.57. The molecule has 0 aliphatic carbocycles. The number of nitrogens with zero attached hydrogens (tertiary/aromatic N) is 1. The molecule has 1 aromatic heterocycles.